The van der Waals surface area contributed by atoms with Crippen molar-refractivity contribution in [2.24, 2.45) is 0 Å². The summed E-state index contributed by atoms with van der Waals surface area (Å²) in [6, 6.07) is 6.72. The number of ether oxygens (including phenoxy) is 2. The van der Waals surface area contributed by atoms with Gasteiger partial charge in [0.1, 0.15) is 11.8 Å². The van der Waals surface area contributed by atoms with E-state index in [0.29, 0.717) is 6.61 Å². The van der Waals surface area contributed by atoms with Gasteiger partial charge in [-0.2, -0.15) is 0 Å². The van der Waals surface area contributed by atoms with Crippen LogP contribution in [0.4, 0.5) is 0 Å². The Balaban J connectivity index is 2.45. The predicted molar refractivity (Wildman–Crippen MR) is 72.1 cm³/mol. The fraction of sp³-hybridized carbons (Fsp3) is 0.500. The molecule has 0 fully saturated rings. The second-order valence-corrected chi connectivity index (χ2v) is 4.17. The fourth-order valence-corrected chi connectivity index (χ4v) is 1.58. The summed E-state index contributed by atoms with van der Waals surface area (Å²) in [6.45, 7) is 4.10. The Labute approximate surface area is 113 Å². The van der Waals surface area contributed by atoms with Crippen LogP contribution >= 0.6 is 0 Å². The Morgan fingerprint density at radius 1 is 1.37 bits per heavy atom. The Morgan fingerprint density at radius 2 is 2.00 bits per heavy atom. The van der Waals surface area contributed by atoms with Crippen LogP contribution in [0.2, 0.25) is 0 Å². The van der Waals surface area contributed by atoms with E-state index in [0.717, 1.165) is 11.3 Å². The number of nitrogens with one attached hydrogen (secondary N) is 1. The van der Waals surface area contributed by atoms with E-state index in [1.807, 2.05) is 0 Å². The topological polar surface area (TPSA) is 67.8 Å². The summed E-state index contributed by atoms with van der Waals surface area (Å²) in [5.74, 6) is 0.424. The molecule has 0 radical (unpaired) electrons. The first-order valence-corrected chi connectivity index (χ1v) is 6.30. The van der Waals surface area contributed by atoms with Crippen LogP contribution in [0.25, 0.3) is 0 Å². The highest BCUT2D eigenvalue weighted by atomic mass is 16.5. The third-order valence-corrected chi connectivity index (χ3v) is 2.76. The molecule has 19 heavy (non-hydrogen) atoms. The van der Waals surface area contributed by atoms with Crippen LogP contribution < -0.4 is 10.1 Å². The average Bonchev–Trinajstić information content (AvgIpc) is 2.44. The first kappa shape index (κ1) is 15.5. The van der Waals surface area contributed by atoms with Crippen molar-refractivity contribution >= 4 is 5.97 Å². The molecular weight excluding hydrogens is 246 g/mol. The zero-order valence-corrected chi connectivity index (χ0v) is 11.6. The van der Waals surface area contributed by atoms with Gasteiger partial charge in [0, 0.05) is 6.54 Å². The lowest BCUT2D eigenvalue weighted by Crippen LogP contribution is -2.37. The average molecular weight is 267 g/mol. The second-order valence-electron chi connectivity index (χ2n) is 4.17. The molecule has 0 spiro atoms. The van der Waals surface area contributed by atoms with Crippen LogP contribution in [-0.2, 0) is 9.53 Å². The van der Waals surface area contributed by atoms with E-state index in [4.69, 9.17) is 9.47 Å². The van der Waals surface area contributed by atoms with Crippen molar-refractivity contribution in [3.63, 3.8) is 0 Å². The van der Waals surface area contributed by atoms with E-state index < -0.39 is 12.1 Å². The molecule has 0 saturated heterocycles. The van der Waals surface area contributed by atoms with Crippen molar-refractivity contribution in [1.29, 1.82) is 0 Å². The van der Waals surface area contributed by atoms with Gasteiger partial charge in [0.2, 0.25) is 0 Å². The van der Waals surface area contributed by atoms with Crippen LogP contribution in [0.1, 0.15) is 25.5 Å². The molecule has 0 aliphatic heterocycles. The maximum Gasteiger partial charge on any atom is 0.322 e. The molecule has 0 saturated carbocycles. The summed E-state index contributed by atoms with van der Waals surface area (Å²) in [5.41, 5.74) is 0.768. The molecule has 5 heteroatoms. The summed E-state index contributed by atoms with van der Waals surface area (Å²) < 4.78 is 9.92. The van der Waals surface area contributed by atoms with Gasteiger partial charge in [-0.05, 0) is 31.5 Å². The van der Waals surface area contributed by atoms with E-state index in [-0.39, 0.29) is 12.5 Å². The van der Waals surface area contributed by atoms with Crippen molar-refractivity contribution in [2.75, 3.05) is 20.3 Å². The van der Waals surface area contributed by atoms with Crippen molar-refractivity contribution in [1.82, 2.24) is 5.32 Å². The number of rotatable bonds is 7. The Bertz CT molecular complexity index is 391. The molecule has 1 aromatic carbocycles. The van der Waals surface area contributed by atoms with Gasteiger partial charge in [0.05, 0.1) is 19.8 Å². The van der Waals surface area contributed by atoms with Gasteiger partial charge in [0.25, 0.3) is 0 Å². The largest absolute Gasteiger partial charge is 0.497 e. The third-order valence-electron chi connectivity index (χ3n) is 2.76. The summed E-state index contributed by atoms with van der Waals surface area (Å²) in [5, 5.41) is 12.9. The van der Waals surface area contributed by atoms with Crippen LogP contribution in [0, 0.1) is 0 Å². The Kier molecular flexibility index (Phi) is 6.32. The molecule has 5 nitrogen and oxygen atoms in total. The zero-order chi connectivity index (χ0) is 14.3. The number of benzene rings is 1. The van der Waals surface area contributed by atoms with Gasteiger partial charge in [-0.3, -0.25) is 4.79 Å². The van der Waals surface area contributed by atoms with E-state index >= 15 is 0 Å². The Hall–Kier alpha value is -1.59. The number of aliphatic hydroxyl groups is 1. The minimum absolute atomic E-state index is 0.284. The molecule has 2 N–H and O–H groups in total. The molecule has 0 amide bonds. The van der Waals surface area contributed by atoms with E-state index in [9.17, 15) is 9.90 Å². The number of esters is 1. The maximum absolute atomic E-state index is 11.4. The predicted octanol–water partition coefficient (Wildman–Crippen LogP) is 1.27. The van der Waals surface area contributed by atoms with Crippen molar-refractivity contribution < 1.29 is 19.4 Å². The number of aliphatic hydroxyl groups excluding tert-OH is 1. The molecule has 1 aromatic rings. The lowest BCUT2D eigenvalue weighted by Gasteiger charge is -2.16. The fourth-order valence-electron chi connectivity index (χ4n) is 1.58. The summed E-state index contributed by atoms with van der Waals surface area (Å²) in [6.07, 6.45) is -0.678. The summed E-state index contributed by atoms with van der Waals surface area (Å²) >= 11 is 0. The summed E-state index contributed by atoms with van der Waals surface area (Å²) in [7, 11) is 1.59. The molecule has 0 aromatic heterocycles. The van der Waals surface area contributed by atoms with Crippen molar-refractivity contribution in [2.45, 2.75) is 26.0 Å². The molecule has 106 valence electrons. The molecule has 0 aliphatic carbocycles. The minimum atomic E-state index is -0.678. The van der Waals surface area contributed by atoms with E-state index in [1.165, 1.54) is 0 Å². The first-order chi connectivity index (χ1) is 9.08. The SMILES string of the molecule is CCOC(=O)C(C)NCC(O)c1ccc(OC)cc1. The van der Waals surface area contributed by atoms with Gasteiger partial charge in [-0.1, -0.05) is 12.1 Å². The number of carbonyl (C=O) groups is 1. The number of carbonyl (C=O) groups excluding carboxylic acids is 1. The normalized spacial score (nSPS) is 13.7. The van der Waals surface area contributed by atoms with Crippen LogP contribution in [0.5, 0.6) is 5.75 Å². The molecule has 2 atom stereocenters. The smallest absolute Gasteiger partial charge is 0.322 e. The zero-order valence-electron chi connectivity index (χ0n) is 11.6. The third kappa shape index (κ3) is 4.89. The van der Waals surface area contributed by atoms with Gasteiger partial charge >= 0.3 is 5.97 Å². The highest BCUT2D eigenvalue weighted by molar-refractivity contribution is 5.75. The van der Waals surface area contributed by atoms with Gasteiger partial charge in [-0.15, -0.1) is 0 Å². The van der Waals surface area contributed by atoms with Crippen LogP contribution in [0.3, 0.4) is 0 Å². The summed E-state index contributed by atoms with van der Waals surface area (Å²) in [4.78, 5) is 11.4. The number of methoxy groups -OCH3 is 1. The van der Waals surface area contributed by atoms with Gasteiger partial charge < -0.3 is 19.9 Å². The second kappa shape index (κ2) is 7.76. The first-order valence-electron chi connectivity index (χ1n) is 6.30. The number of hydrogen-bond acceptors (Lipinski definition) is 5. The lowest BCUT2D eigenvalue weighted by atomic mass is 10.1. The quantitative estimate of drug-likeness (QED) is 0.728. The van der Waals surface area contributed by atoms with E-state index in [2.05, 4.69) is 5.32 Å². The molecule has 0 aliphatic rings. The van der Waals surface area contributed by atoms with Crippen molar-refractivity contribution in [3.8, 4) is 5.75 Å². The molecule has 1 rings (SSSR count). The van der Waals surface area contributed by atoms with Crippen LogP contribution in [-0.4, -0.2) is 37.4 Å². The molecular formula is C14H21NO4. The maximum atomic E-state index is 11.4. The molecule has 0 heterocycles. The van der Waals surface area contributed by atoms with Gasteiger partial charge in [-0.25, -0.2) is 0 Å². The van der Waals surface area contributed by atoms with Crippen molar-refractivity contribution in [3.05, 3.63) is 29.8 Å². The molecule has 2 unspecified atom stereocenters. The van der Waals surface area contributed by atoms with E-state index in [1.54, 1.807) is 45.2 Å². The van der Waals surface area contributed by atoms with Crippen LogP contribution in [0.15, 0.2) is 24.3 Å². The highest BCUT2D eigenvalue weighted by Gasteiger charge is 2.15. The minimum Gasteiger partial charge on any atom is -0.497 e. The van der Waals surface area contributed by atoms with Gasteiger partial charge in [0.15, 0.2) is 0 Å². The highest BCUT2D eigenvalue weighted by Crippen LogP contribution is 2.17. The monoisotopic (exact) mass is 267 g/mol. The number of hydrogen-bond donors (Lipinski definition) is 2. The lowest BCUT2D eigenvalue weighted by molar-refractivity contribution is -0.145. The standard InChI is InChI=1S/C14H21NO4/c1-4-19-14(17)10(2)15-9-13(16)11-5-7-12(18-3)8-6-11/h5-8,10,13,15-16H,4,9H2,1-3H3. The Morgan fingerprint density at radius 3 is 2.53 bits per heavy atom. The molecule has 0 bridgehead atoms.